The van der Waals surface area contributed by atoms with Gasteiger partial charge in [-0.3, -0.25) is 9.69 Å². The molecule has 22 heavy (non-hydrogen) atoms. The van der Waals surface area contributed by atoms with E-state index in [0.29, 0.717) is 22.9 Å². The van der Waals surface area contributed by atoms with Crippen molar-refractivity contribution in [1.29, 1.82) is 0 Å². The highest BCUT2D eigenvalue weighted by Crippen LogP contribution is 2.46. The Morgan fingerprint density at radius 2 is 2.18 bits per heavy atom. The first-order valence-corrected chi connectivity index (χ1v) is 8.14. The minimum absolute atomic E-state index is 0.466. The Kier molecular flexibility index (Phi) is 3.93. The van der Waals surface area contributed by atoms with Crippen LogP contribution in [0, 0.1) is 0 Å². The van der Waals surface area contributed by atoms with E-state index in [-0.39, 0.29) is 0 Å². The van der Waals surface area contributed by atoms with E-state index >= 15 is 0 Å². The highest BCUT2D eigenvalue weighted by molar-refractivity contribution is 7.11. The maximum Gasteiger partial charge on any atom is 0.408 e. The van der Waals surface area contributed by atoms with Crippen LogP contribution in [-0.4, -0.2) is 28.9 Å². The third kappa shape index (κ3) is 2.30. The van der Waals surface area contributed by atoms with Gasteiger partial charge >= 0.3 is 6.09 Å². The molecule has 2 heterocycles. The van der Waals surface area contributed by atoms with Gasteiger partial charge in [-0.05, 0) is 47.5 Å². The number of thiophene rings is 1. The predicted octanol–water partition coefficient (Wildman–Crippen LogP) is 4.23. The fraction of sp³-hybridized carbons (Fsp3) is 0.250. The summed E-state index contributed by atoms with van der Waals surface area (Å²) in [4.78, 5) is 24.8. The molecule has 2 aromatic rings. The Bertz CT molecular complexity index is 730. The number of likely N-dealkylation sites (tertiary alicyclic amines) is 1. The number of hydrogen-bond acceptors (Lipinski definition) is 3. The van der Waals surface area contributed by atoms with E-state index in [4.69, 9.17) is 11.6 Å². The number of nitrogens with zero attached hydrogens (tertiary/aromatic N) is 1. The van der Waals surface area contributed by atoms with Crippen LogP contribution in [0.25, 0.3) is 0 Å². The fourth-order valence-electron chi connectivity index (χ4n) is 3.22. The molecule has 0 bridgehead atoms. The minimum atomic E-state index is -0.962. The van der Waals surface area contributed by atoms with E-state index < -0.39 is 11.6 Å². The second-order valence-corrected chi connectivity index (χ2v) is 6.64. The second-order valence-electron chi connectivity index (χ2n) is 5.26. The number of rotatable bonds is 3. The predicted molar refractivity (Wildman–Crippen MR) is 85.9 cm³/mol. The number of carbonyl (C=O) groups excluding carboxylic acids is 1. The molecule has 1 atom stereocenters. The monoisotopic (exact) mass is 335 g/mol. The van der Waals surface area contributed by atoms with Crippen molar-refractivity contribution in [1.82, 2.24) is 4.90 Å². The summed E-state index contributed by atoms with van der Waals surface area (Å²) < 4.78 is 0. The van der Waals surface area contributed by atoms with E-state index in [1.54, 1.807) is 18.2 Å². The summed E-state index contributed by atoms with van der Waals surface area (Å²) >= 11 is 7.44. The molecule has 0 saturated carbocycles. The van der Waals surface area contributed by atoms with Crippen LogP contribution in [0.15, 0.2) is 35.7 Å². The highest BCUT2D eigenvalue weighted by Gasteiger charge is 2.47. The quantitative estimate of drug-likeness (QED) is 0.854. The van der Waals surface area contributed by atoms with Gasteiger partial charge in [0.1, 0.15) is 0 Å². The van der Waals surface area contributed by atoms with E-state index in [1.165, 1.54) is 16.2 Å². The highest BCUT2D eigenvalue weighted by atomic mass is 35.5. The normalized spacial score (nSPS) is 21.0. The Hall–Kier alpha value is -1.85. The molecule has 1 saturated heterocycles. The second kappa shape index (κ2) is 5.74. The minimum Gasteiger partial charge on any atom is -0.465 e. The summed E-state index contributed by atoms with van der Waals surface area (Å²) in [6, 6.07) is 9.07. The zero-order valence-corrected chi connectivity index (χ0v) is 13.2. The number of benzene rings is 1. The molecule has 3 rings (SSSR count). The SMILES string of the molecule is O=Cc1cc(C2(c3cccc(Cl)c3)CCCN2C(=O)O)cs1. The van der Waals surface area contributed by atoms with E-state index in [9.17, 15) is 14.7 Å². The molecule has 1 aromatic carbocycles. The van der Waals surface area contributed by atoms with Gasteiger partial charge in [0, 0.05) is 11.6 Å². The molecule has 1 aromatic heterocycles. The number of amides is 1. The summed E-state index contributed by atoms with van der Waals surface area (Å²) in [5, 5.41) is 12.1. The van der Waals surface area contributed by atoms with Crippen LogP contribution < -0.4 is 0 Å². The lowest BCUT2D eigenvalue weighted by molar-refractivity contribution is 0.112. The average molecular weight is 336 g/mol. The molecule has 1 aliphatic heterocycles. The Balaban J connectivity index is 2.22. The van der Waals surface area contributed by atoms with Crippen LogP contribution in [-0.2, 0) is 5.54 Å². The van der Waals surface area contributed by atoms with Gasteiger partial charge in [0.25, 0.3) is 0 Å². The van der Waals surface area contributed by atoms with Gasteiger partial charge in [0.2, 0.25) is 0 Å². The molecular weight excluding hydrogens is 322 g/mol. The van der Waals surface area contributed by atoms with Gasteiger partial charge in [-0.1, -0.05) is 23.7 Å². The summed E-state index contributed by atoms with van der Waals surface area (Å²) in [7, 11) is 0. The maximum atomic E-state index is 11.8. The van der Waals surface area contributed by atoms with Crippen molar-refractivity contribution in [3.8, 4) is 0 Å². The Morgan fingerprint density at radius 1 is 1.36 bits per heavy atom. The lowest BCUT2D eigenvalue weighted by Gasteiger charge is -2.37. The van der Waals surface area contributed by atoms with Crippen molar-refractivity contribution in [2.24, 2.45) is 0 Å². The number of carbonyl (C=O) groups is 2. The van der Waals surface area contributed by atoms with Crippen LogP contribution in [0.1, 0.15) is 33.6 Å². The third-order valence-corrected chi connectivity index (χ3v) is 5.22. The maximum absolute atomic E-state index is 11.8. The lowest BCUT2D eigenvalue weighted by Crippen LogP contribution is -2.45. The molecule has 6 heteroatoms. The van der Waals surface area contributed by atoms with Gasteiger partial charge in [-0.25, -0.2) is 4.79 Å². The number of halogens is 1. The van der Waals surface area contributed by atoms with Crippen molar-refractivity contribution < 1.29 is 14.7 Å². The van der Waals surface area contributed by atoms with Crippen LogP contribution in [0.2, 0.25) is 5.02 Å². The van der Waals surface area contributed by atoms with E-state index in [2.05, 4.69) is 0 Å². The average Bonchev–Trinajstić information content (AvgIpc) is 3.14. The zero-order valence-electron chi connectivity index (χ0n) is 11.7. The van der Waals surface area contributed by atoms with Gasteiger partial charge in [-0.15, -0.1) is 11.3 Å². The molecule has 1 unspecified atom stereocenters. The van der Waals surface area contributed by atoms with Crippen molar-refractivity contribution in [2.75, 3.05) is 6.54 Å². The van der Waals surface area contributed by atoms with Crippen molar-refractivity contribution >= 4 is 35.3 Å². The third-order valence-electron chi connectivity index (χ3n) is 4.13. The van der Waals surface area contributed by atoms with E-state index in [1.807, 2.05) is 17.5 Å². The van der Waals surface area contributed by atoms with Gasteiger partial charge in [0.15, 0.2) is 6.29 Å². The molecule has 1 aliphatic rings. The Labute approximate surface area is 136 Å². The van der Waals surface area contributed by atoms with Crippen molar-refractivity contribution in [2.45, 2.75) is 18.4 Å². The van der Waals surface area contributed by atoms with Gasteiger partial charge < -0.3 is 5.11 Å². The van der Waals surface area contributed by atoms with Crippen LogP contribution >= 0.6 is 22.9 Å². The topological polar surface area (TPSA) is 57.6 Å². The largest absolute Gasteiger partial charge is 0.465 e. The number of aldehydes is 1. The summed E-state index contributed by atoms with van der Waals surface area (Å²) in [5.74, 6) is 0. The first kappa shape index (κ1) is 15.1. The molecule has 0 aliphatic carbocycles. The fourth-order valence-corrected chi connectivity index (χ4v) is 4.19. The standard InChI is InChI=1S/C16H14ClNO3S/c17-13-4-1-3-11(7-13)16(5-2-6-18(16)15(20)21)12-8-14(9-19)22-10-12/h1,3-4,7-10H,2,5-6H2,(H,20,21). The molecule has 1 fully saturated rings. The smallest absolute Gasteiger partial charge is 0.408 e. The first-order valence-electron chi connectivity index (χ1n) is 6.89. The molecule has 114 valence electrons. The van der Waals surface area contributed by atoms with Crippen LogP contribution in [0.3, 0.4) is 0 Å². The zero-order chi connectivity index (χ0) is 15.7. The summed E-state index contributed by atoms with van der Waals surface area (Å²) in [6.07, 6.45) is 1.27. The Morgan fingerprint density at radius 3 is 2.82 bits per heavy atom. The first-order chi connectivity index (χ1) is 10.6. The van der Waals surface area contributed by atoms with Crippen molar-refractivity contribution in [3.63, 3.8) is 0 Å². The lowest BCUT2D eigenvalue weighted by atomic mass is 9.82. The molecule has 1 amide bonds. The van der Waals surface area contributed by atoms with Gasteiger partial charge in [0.05, 0.1) is 10.4 Å². The van der Waals surface area contributed by atoms with Crippen LogP contribution in [0.5, 0.6) is 0 Å². The van der Waals surface area contributed by atoms with E-state index in [0.717, 1.165) is 23.8 Å². The molecular formula is C16H14ClNO3S. The molecule has 1 N–H and O–H groups in total. The van der Waals surface area contributed by atoms with Gasteiger partial charge in [-0.2, -0.15) is 0 Å². The molecule has 0 spiro atoms. The number of hydrogen-bond donors (Lipinski definition) is 1. The molecule has 0 radical (unpaired) electrons. The summed E-state index contributed by atoms with van der Waals surface area (Å²) in [6.45, 7) is 0.466. The number of carboxylic acid groups (broad SMARTS) is 1. The van der Waals surface area contributed by atoms with Crippen LogP contribution in [0.4, 0.5) is 4.79 Å². The molecule has 4 nitrogen and oxygen atoms in total. The summed E-state index contributed by atoms with van der Waals surface area (Å²) in [5.41, 5.74) is 0.908. The van der Waals surface area contributed by atoms with Crippen molar-refractivity contribution in [3.05, 3.63) is 56.7 Å².